The molecule has 3 aromatic rings. The van der Waals surface area contributed by atoms with Crippen LogP contribution >= 0.6 is 0 Å². The number of oxazole rings is 1. The minimum absolute atomic E-state index is 0.422. The van der Waals surface area contributed by atoms with E-state index in [1.165, 1.54) is 0 Å². The third-order valence-corrected chi connectivity index (χ3v) is 2.38. The number of hydrogen-bond acceptors (Lipinski definition) is 5. The van der Waals surface area contributed by atoms with E-state index in [-0.39, 0.29) is 0 Å². The molecule has 17 heavy (non-hydrogen) atoms. The quantitative estimate of drug-likeness (QED) is 0.728. The van der Waals surface area contributed by atoms with Crippen LogP contribution in [0.25, 0.3) is 11.1 Å². The lowest BCUT2D eigenvalue weighted by atomic mass is 10.2. The second kappa shape index (κ2) is 3.58. The van der Waals surface area contributed by atoms with Gasteiger partial charge in [-0.3, -0.25) is 10.00 Å². The van der Waals surface area contributed by atoms with Crippen molar-refractivity contribution in [3.05, 3.63) is 30.0 Å². The first-order valence-corrected chi connectivity index (χ1v) is 5.21. The van der Waals surface area contributed by atoms with Crippen molar-refractivity contribution in [3.8, 4) is 0 Å². The van der Waals surface area contributed by atoms with Gasteiger partial charge < -0.3 is 4.42 Å². The lowest BCUT2D eigenvalue weighted by Crippen LogP contribution is -1.89. The zero-order chi connectivity index (χ0) is 11.8. The smallest absolute Gasteiger partial charge is 0.301 e. The standard InChI is InChI=1S/C11H11N5O/c1-7-3-4-9-8(5-7)12-11(17-9)13-10-6-16(2)15-14-10/h3-6H,1-2H3,(H,12,13). The molecule has 0 unspecified atom stereocenters. The normalized spacial score (nSPS) is 10.9. The molecular formula is C11H11N5O. The molecule has 0 saturated carbocycles. The number of anilines is 2. The fraction of sp³-hybridized carbons (Fsp3) is 0.182. The summed E-state index contributed by atoms with van der Waals surface area (Å²) in [5, 5.41) is 10.7. The molecule has 0 amide bonds. The number of nitrogens with zero attached hydrogens (tertiary/aromatic N) is 4. The van der Waals surface area contributed by atoms with E-state index in [4.69, 9.17) is 4.42 Å². The van der Waals surface area contributed by atoms with Crippen LogP contribution in [0.1, 0.15) is 5.56 Å². The van der Waals surface area contributed by atoms with Crippen molar-refractivity contribution in [3.63, 3.8) is 0 Å². The maximum absolute atomic E-state index is 5.54. The molecule has 3 rings (SSSR count). The summed E-state index contributed by atoms with van der Waals surface area (Å²) in [7, 11) is 1.80. The monoisotopic (exact) mass is 229 g/mol. The predicted octanol–water partition coefficient (Wildman–Crippen LogP) is 2.01. The number of hydrogen-bond donors (Lipinski definition) is 1. The maximum atomic E-state index is 5.54. The van der Waals surface area contributed by atoms with Gasteiger partial charge in [0.25, 0.3) is 0 Å². The van der Waals surface area contributed by atoms with E-state index in [1.54, 1.807) is 17.9 Å². The highest BCUT2D eigenvalue weighted by molar-refractivity contribution is 5.75. The number of fused-ring (bicyclic) bond motifs is 1. The van der Waals surface area contributed by atoms with E-state index < -0.39 is 0 Å². The molecule has 2 aromatic heterocycles. The van der Waals surface area contributed by atoms with Gasteiger partial charge in [-0.05, 0) is 24.6 Å². The van der Waals surface area contributed by atoms with Crippen molar-refractivity contribution in [1.29, 1.82) is 0 Å². The summed E-state index contributed by atoms with van der Waals surface area (Å²) in [6.07, 6.45) is 1.75. The Hall–Kier alpha value is -2.37. The molecule has 1 aromatic carbocycles. The molecule has 0 radical (unpaired) electrons. The van der Waals surface area contributed by atoms with Crippen LogP contribution in [0.3, 0.4) is 0 Å². The van der Waals surface area contributed by atoms with E-state index in [0.29, 0.717) is 11.8 Å². The van der Waals surface area contributed by atoms with Crippen LogP contribution in [0.4, 0.5) is 11.8 Å². The largest absolute Gasteiger partial charge is 0.423 e. The molecule has 0 aliphatic rings. The van der Waals surface area contributed by atoms with Gasteiger partial charge in [0.2, 0.25) is 0 Å². The highest BCUT2D eigenvalue weighted by atomic mass is 16.4. The Morgan fingerprint density at radius 3 is 3.00 bits per heavy atom. The Morgan fingerprint density at radius 2 is 2.24 bits per heavy atom. The van der Waals surface area contributed by atoms with Crippen molar-refractivity contribution in [2.24, 2.45) is 7.05 Å². The molecule has 0 atom stereocenters. The Balaban J connectivity index is 1.95. The summed E-state index contributed by atoms with van der Waals surface area (Å²) >= 11 is 0. The fourth-order valence-electron chi connectivity index (χ4n) is 1.61. The Bertz CT molecular complexity index is 669. The molecule has 0 bridgehead atoms. The van der Waals surface area contributed by atoms with Gasteiger partial charge in [-0.2, -0.15) is 4.98 Å². The average Bonchev–Trinajstić information content (AvgIpc) is 2.84. The summed E-state index contributed by atoms with van der Waals surface area (Å²) in [5.74, 6) is 0.607. The highest BCUT2D eigenvalue weighted by Crippen LogP contribution is 2.21. The van der Waals surface area contributed by atoms with Gasteiger partial charge in [0.1, 0.15) is 5.52 Å². The van der Waals surface area contributed by atoms with Gasteiger partial charge >= 0.3 is 6.01 Å². The molecular weight excluding hydrogens is 218 g/mol. The molecule has 0 saturated heterocycles. The van der Waals surface area contributed by atoms with Crippen LogP contribution in [0.2, 0.25) is 0 Å². The van der Waals surface area contributed by atoms with E-state index in [9.17, 15) is 0 Å². The average molecular weight is 229 g/mol. The van der Waals surface area contributed by atoms with Crippen molar-refractivity contribution in [2.45, 2.75) is 6.92 Å². The Kier molecular flexibility index (Phi) is 2.07. The minimum atomic E-state index is 0.422. The summed E-state index contributed by atoms with van der Waals surface area (Å²) < 4.78 is 7.14. The maximum Gasteiger partial charge on any atom is 0.301 e. The summed E-state index contributed by atoms with van der Waals surface area (Å²) in [4.78, 5) is 4.32. The Labute approximate surface area is 97.3 Å². The SMILES string of the molecule is Cc1ccc2oc(Nc3cn(C)nn3)nc2c1. The van der Waals surface area contributed by atoms with Crippen LogP contribution in [0.5, 0.6) is 0 Å². The van der Waals surface area contributed by atoms with Crippen LogP contribution in [0.15, 0.2) is 28.8 Å². The number of benzene rings is 1. The lowest BCUT2D eigenvalue weighted by Gasteiger charge is -1.92. The van der Waals surface area contributed by atoms with Gasteiger partial charge in [-0.1, -0.05) is 11.3 Å². The van der Waals surface area contributed by atoms with Crippen LogP contribution in [-0.4, -0.2) is 20.0 Å². The van der Waals surface area contributed by atoms with E-state index in [0.717, 1.165) is 16.7 Å². The minimum Gasteiger partial charge on any atom is -0.423 e. The molecule has 0 aliphatic carbocycles. The molecule has 6 nitrogen and oxygen atoms in total. The van der Waals surface area contributed by atoms with Crippen LogP contribution in [0, 0.1) is 6.92 Å². The van der Waals surface area contributed by atoms with Crippen molar-refractivity contribution >= 4 is 22.9 Å². The van der Waals surface area contributed by atoms with E-state index in [2.05, 4.69) is 20.6 Å². The molecule has 2 heterocycles. The zero-order valence-electron chi connectivity index (χ0n) is 9.51. The van der Waals surface area contributed by atoms with Crippen molar-refractivity contribution < 1.29 is 4.42 Å². The highest BCUT2D eigenvalue weighted by Gasteiger charge is 2.07. The van der Waals surface area contributed by atoms with Gasteiger partial charge in [-0.15, -0.1) is 5.10 Å². The van der Waals surface area contributed by atoms with E-state index in [1.807, 2.05) is 25.1 Å². The first-order valence-electron chi connectivity index (χ1n) is 5.21. The fourth-order valence-corrected chi connectivity index (χ4v) is 1.61. The van der Waals surface area contributed by atoms with E-state index >= 15 is 0 Å². The van der Waals surface area contributed by atoms with Gasteiger partial charge in [-0.25, -0.2) is 0 Å². The lowest BCUT2D eigenvalue weighted by molar-refractivity contribution is 0.622. The molecule has 86 valence electrons. The summed E-state index contributed by atoms with van der Waals surface area (Å²) in [5.41, 5.74) is 2.73. The predicted molar refractivity (Wildman–Crippen MR) is 63.0 cm³/mol. The molecule has 0 aliphatic heterocycles. The number of aromatic nitrogens is 4. The molecule has 6 heteroatoms. The molecule has 0 spiro atoms. The van der Waals surface area contributed by atoms with Crippen molar-refractivity contribution in [2.75, 3.05) is 5.32 Å². The van der Waals surface area contributed by atoms with Gasteiger partial charge in [0, 0.05) is 7.05 Å². The van der Waals surface area contributed by atoms with Crippen molar-refractivity contribution in [1.82, 2.24) is 20.0 Å². The first kappa shape index (κ1) is 9.83. The second-order valence-electron chi connectivity index (χ2n) is 3.89. The third-order valence-electron chi connectivity index (χ3n) is 2.38. The third kappa shape index (κ3) is 1.84. The number of aryl methyl sites for hydroxylation is 2. The zero-order valence-corrected chi connectivity index (χ0v) is 9.51. The van der Waals surface area contributed by atoms with Gasteiger partial charge in [0.05, 0.1) is 6.20 Å². The summed E-state index contributed by atoms with van der Waals surface area (Å²) in [6.45, 7) is 2.02. The second-order valence-corrected chi connectivity index (χ2v) is 3.89. The Morgan fingerprint density at radius 1 is 1.35 bits per heavy atom. The van der Waals surface area contributed by atoms with Crippen LogP contribution < -0.4 is 5.32 Å². The number of rotatable bonds is 2. The van der Waals surface area contributed by atoms with Crippen LogP contribution in [-0.2, 0) is 7.05 Å². The first-order chi connectivity index (χ1) is 8.20. The van der Waals surface area contributed by atoms with Gasteiger partial charge in [0.15, 0.2) is 11.4 Å². The number of nitrogens with one attached hydrogen (secondary N) is 1. The summed E-state index contributed by atoms with van der Waals surface area (Å²) in [6, 6.07) is 6.28. The molecule has 1 N–H and O–H groups in total. The topological polar surface area (TPSA) is 68.8 Å². The molecule has 0 fully saturated rings.